The number of carbonyl (C=O) groups excluding carboxylic acids is 3. The molecule has 0 aliphatic carbocycles. The van der Waals surface area contributed by atoms with E-state index in [0.29, 0.717) is 35.1 Å². The standard InChI is InChI=1S/C28H32F3N5O.2C2H6.2CH2O/c1-17-11-19(13-21(30)12-17)26(18-3-5-20(29)6-4-18)27(32)28(37)35-25-16-34-15-24(31)23(25)8-7-22-14-33-9-10-36(22)2;4*1-2/h3-6,11-13,15-16,22,26-27,33H,7-10,14,32H2,1-2H3,(H,35,37);2*1-2H3;2*1H2/t22-,26-,27-;;;;/m0..../s1. The Hall–Kier alpha value is -3.93. The number of hydrogen-bond acceptors (Lipinski definition) is 7. The van der Waals surface area contributed by atoms with Crippen LogP contribution in [0.25, 0.3) is 0 Å². The molecule has 2 aromatic carbocycles. The van der Waals surface area contributed by atoms with E-state index < -0.39 is 35.3 Å². The van der Waals surface area contributed by atoms with E-state index in [1.54, 1.807) is 13.0 Å². The number of aromatic nitrogens is 1. The molecular weight excluding hydrogens is 583 g/mol. The third kappa shape index (κ3) is 12.5. The van der Waals surface area contributed by atoms with Gasteiger partial charge >= 0.3 is 0 Å². The third-order valence-corrected chi connectivity index (χ3v) is 6.95. The maximum Gasteiger partial charge on any atom is 0.242 e. The molecule has 0 saturated carbocycles. The maximum absolute atomic E-state index is 14.8. The molecule has 248 valence electrons. The van der Waals surface area contributed by atoms with Crippen LogP contribution in [0.5, 0.6) is 0 Å². The van der Waals surface area contributed by atoms with Crippen LogP contribution >= 0.6 is 0 Å². The van der Waals surface area contributed by atoms with Crippen LogP contribution in [0.15, 0.2) is 54.9 Å². The second-order valence-electron chi connectivity index (χ2n) is 9.63. The van der Waals surface area contributed by atoms with Crippen LogP contribution < -0.4 is 16.4 Å². The smallest absolute Gasteiger partial charge is 0.242 e. The third-order valence-electron chi connectivity index (χ3n) is 6.95. The SMILES string of the molecule is C=O.C=O.CC.CC.Cc1cc(F)cc([C@H](c2ccc(F)cc2)[C@H](N)C(=O)Nc2cncc(F)c2CC[C@H]2CNCCN2C)c1. The summed E-state index contributed by atoms with van der Waals surface area (Å²) < 4.78 is 42.7. The van der Waals surface area contributed by atoms with Crippen LogP contribution in [0.2, 0.25) is 0 Å². The first-order valence-electron chi connectivity index (χ1n) is 14.9. The summed E-state index contributed by atoms with van der Waals surface area (Å²) in [6, 6.07) is 9.10. The quantitative estimate of drug-likeness (QED) is 0.304. The van der Waals surface area contributed by atoms with Crippen molar-refractivity contribution >= 4 is 25.2 Å². The zero-order valence-corrected chi connectivity index (χ0v) is 27.2. The fourth-order valence-electron chi connectivity index (χ4n) is 4.91. The molecule has 0 unspecified atom stereocenters. The number of anilines is 1. The molecule has 11 heteroatoms. The van der Waals surface area contributed by atoms with E-state index in [1.165, 1.54) is 42.6 Å². The van der Waals surface area contributed by atoms with Crippen molar-refractivity contribution in [1.82, 2.24) is 15.2 Å². The van der Waals surface area contributed by atoms with Crippen molar-refractivity contribution in [2.45, 2.75) is 65.5 Å². The molecule has 1 aliphatic rings. The molecule has 2 heterocycles. The topological polar surface area (TPSA) is 117 Å². The Bertz CT molecular complexity index is 1260. The first-order valence-corrected chi connectivity index (χ1v) is 14.9. The van der Waals surface area contributed by atoms with Crippen molar-refractivity contribution in [3.8, 4) is 0 Å². The maximum atomic E-state index is 14.8. The summed E-state index contributed by atoms with van der Waals surface area (Å²) in [7, 11) is 2.04. The lowest BCUT2D eigenvalue weighted by Crippen LogP contribution is -2.49. The lowest BCUT2D eigenvalue weighted by atomic mass is 9.84. The monoisotopic (exact) mass is 631 g/mol. The molecule has 0 bridgehead atoms. The van der Waals surface area contributed by atoms with Gasteiger partial charge in [0.1, 0.15) is 31.0 Å². The van der Waals surface area contributed by atoms with E-state index in [4.69, 9.17) is 15.3 Å². The highest BCUT2D eigenvalue weighted by molar-refractivity contribution is 5.96. The number of nitrogens with zero attached hydrogens (tertiary/aromatic N) is 2. The number of rotatable bonds is 8. The van der Waals surface area contributed by atoms with Crippen molar-refractivity contribution in [2.75, 3.05) is 32.0 Å². The van der Waals surface area contributed by atoms with Gasteiger partial charge in [-0.3, -0.25) is 9.78 Å². The van der Waals surface area contributed by atoms with E-state index in [1.807, 2.05) is 48.3 Å². The highest BCUT2D eigenvalue weighted by Gasteiger charge is 2.29. The molecular formula is C34H48F3N5O3. The number of nitrogens with two attached hydrogens (primary N) is 1. The fraction of sp³-hybridized carbons (Fsp3) is 0.412. The zero-order valence-electron chi connectivity index (χ0n) is 27.2. The van der Waals surface area contributed by atoms with Crippen molar-refractivity contribution in [3.63, 3.8) is 0 Å². The number of hydrogen-bond donors (Lipinski definition) is 3. The number of aryl methyl sites for hydroxylation is 1. The van der Waals surface area contributed by atoms with Crippen molar-refractivity contribution in [2.24, 2.45) is 5.73 Å². The average molecular weight is 632 g/mol. The van der Waals surface area contributed by atoms with Gasteiger partial charge in [-0.2, -0.15) is 0 Å². The summed E-state index contributed by atoms with van der Waals surface area (Å²) in [5.74, 6) is -2.75. The number of nitrogens with one attached hydrogen (secondary N) is 2. The normalized spacial score (nSPS) is 15.1. The largest absolute Gasteiger partial charge is 0.323 e. The molecule has 1 amide bonds. The second-order valence-corrected chi connectivity index (χ2v) is 9.63. The molecule has 0 radical (unpaired) electrons. The molecule has 1 aliphatic heterocycles. The Labute approximate surface area is 265 Å². The molecule has 3 aromatic rings. The summed E-state index contributed by atoms with van der Waals surface area (Å²) in [6.45, 7) is 16.4. The molecule has 1 saturated heterocycles. The van der Waals surface area contributed by atoms with Crippen LogP contribution in [0.3, 0.4) is 0 Å². The number of benzene rings is 2. The number of amides is 1. The molecule has 8 nitrogen and oxygen atoms in total. The van der Waals surface area contributed by atoms with Gasteiger partial charge in [0.05, 0.1) is 24.1 Å². The number of halogens is 3. The number of pyridine rings is 1. The molecule has 4 rings (SSSR count). The summed E-state index contributed by atoms with van der Waals surface area (Å²) >= 11 is 0. The second kappa shape index (κ2) is 22.6. The van der Waals surface area contributed by atoms with Crippen molar-refractivity contribution in [1.29, 1.82) is 0 Å². The summed E-state index contributed by atoms with van der Waals surface area (Å²) in [4.78, 5) is 35.5. The minimum absolute atomic E-state index is 0.242. The number of carbonyl (C=O) groups is 3. The van der Waals surface area contributed by atoms with Crippen molar-refractivity contribution < 1.29 is 27.6 Å². The van der Waals surface area contributed by atoms with Gasteiger partial charge in [0.2, 0.25) is 5.91 Å². The molecule has 45 heavy (non-hydrogen) atoms. The highest BCUT2D eigenvalue weighted by Crippen LogP contribution is 2.30. The minimum atomic E-state index is -1.17. The van der Waals surface area contributed by atoms with E-state index in [0.717, 1.165) is 25.8 Å². The van der Waals surface area contributed by atoms with Gasteiger partial charge in [-0.25, -0.2) is 13.2 Å². The predicted octanol–water partition coefficient (Wildman–Crippen LogP) is 5.42. The van der Waals surface area contributed by atoms with E-state index in [2.05, 4.69) is 20.5 Å². The Morgan fingerprint density at radius 3 is 2.20 bits per heavy atom. The average Bonchev–Trinajstić information content (AvgIpc) is 3.06. The van der Waals surface area contributed by atoms with Crippen LogP contribution in [-0.4, -0.2) is 68.1 Å². The number of likely N-dealkylation sites (N-methyl/N-ethyl adjacent to an activating group) is 1. The van der Waals surface area contributed by atoms with Gasteiger partial charge in [-0.05, 0) is 67.8 Å². The molecule has 4 N–H and O–H groups in total. The molecule has 1 fully saturated rings. The Kier molecular flexibility index (Phi) is 20.6. The Morgan fingerprint density at radius 2 is 1.62 bits per heavy atom. The van der Waals surface area contributed by atoms with Gasteiger partial charge in [-0.1, -0.05) is 45.9 Å². The molecule has 1 aromatic heterocycles. The first-order chi connectivity index (χ1) is 21.7. The summed E-state index contributed by atoms with van der Waals surface area (Å²) in [5.41, 5.74) is 8.76. The highest BCUT2D eigenvalue weighted by atomic mass is 19.1. The lowest BCUT2D eigenvalue weighted by Gasteiger charge is -2.33. The van der Waals surface area contributed by atoms with E-state index >= 15 is 0 Å². The molecule has 3 atom stereocenters. The van der Waals surface area contributed by atoms with Crippen molar-refractivity contribution in [3.05, 3.63) is 94.6 Å². The minimum Gasteiger partial charge on any atom is -0.323 e. The van der Waals surface area contributed by atoms with Gasteiger partial charge in [-0.15, -0.1) is 0 Å². The number of piperazine rings is 1. The van der Waals surface area contributed by atoms with Gasteiger partial charge < -0.3 is 30.9 Å². The summed E-state index contributed by atoms with van der Waals surface area (Å²) in [5, 5.41) is 6.10. The lowest BCUT2D eigenvalue weighted by molar-refractivity contribution is -0.117. The van der Waals surface area contributed by atoms with Gasteiger partial charge in [0.15, 0.2) is 0 Å². The molecule has 0 spiro atoms. The first kappa shape index (κ1) is 41.1. The van der Waals surface area contributed by atoms with E-state index in [-0.39, 0.29) is 11.7 Å². The fourth-order valence-corrected chi connectivity index (χ4v) is 4.91. The summed E-state index contributed by atoms with van der Waals surface area (Å²) in [6.07, 6.45) is 3.64. The van der Waals surface area contributed by atoms with Crippen LogP contribution in [0.4, 0.5) is 18.9 Å². The van der Waals surface area contributed by atoms with E-state index in [9.17, 15) is 18.0 Å². The van der Waals surface area contributed by atoms with Crippen LogP contribution in [-0.2, 0) is 20.8 Å². The predicted molar refractivity (Wildman–Crippen MR) is 175 cm³/mol. The Morgan fingerprint density at radius 1 is 1.00 bits per heavy atom. The van der Waals surface area contributed by atoms with Crippen LogP contribution in [0, 0.1) is 24.4 Å². The van der Waals surface area contributed by atoms with Crippen LogP contribution in [0.1, 0.15) is 62.3 Å². The van der Waals surface area contributed by atoms with Gasteiger partial charge in [0.25, 0.3) is 0 Å². The Balaban J connectivity index is 0.00000224. The van der Waals surface area contributed by atoms with Gasteiger partial charge in [0, 0.05) is 37.2 Å². The zero-order chi connectivity index (χ0) is 34.5.